The molecule has 0 aromatic heterocycles. The molecule has 0 atom stereocenters. The van der Waals surface area contributed by atoms with Gasteiger partial charge in [0.15, 0.2) is 0 Å². The highest BCUT2D eigenvalue weighted by atomic mass is 16.3. The van der Waals surface area contributed by atoms with Crippen LogP contribution in [-0.4, -0.2) is 54.2 Å². The third kappa shape index (κ3) is 6.24. The Labute approximate surface area is 152 Å². The summed E-state index contributed by atoms with van der Waals surface area (Å²) in [4.78, 5) is 16.8. The number of rotatable bonds is 5. The second-order valence-corrected chi connectivity index (χ2v) is 8.92. The van der Waals surface area contributed by atoms with E-state index in [4.69, 9.17) is 0 Å². The first-order chi connectivity index (χ1) is 11.6. The molecular weight excluding hydrogens is 314 g/mol. The maximum Gasteiger partial charge on any atom is 0.234 e. The quantitative estimate of drug-likeness (QED) is 0.860. The molecule has 2 N–H and O–H groups in total. The average molecular weight is 348 g/mol. The molecule has 0 bridgehead atoms. The van der Waals surface area contributed by atoms with Crippen LogP contribution in [0.15, 0.2) is 24.3 Å². The molecule has 1 amide bonds. The van der Waals surface area contributed by atoms with Gasteiger partial charge in [-0.2, -0.15) is 0 Å². The van der Waals surface area contributed by atoms with Crippen molar-refractivity contribution in [2.24, 2.45) is 5.41 Å². The summed E-state index contributed by atoms with van der Waals surface area (Å²) in [5.74, 6) is 0.405. The van der Waals surface area contributed by atoms with E-state index >= 15 is 0 Å². The van der Waals surface area contributed by atoms with E-state index in [1.807, 2.05) is 18.2 Å². The number of para-hydroxylation sites is 2. The lowest BCUT2D eigenvalue weighted by atomic mass is 9.82. The number of piperazine rings is 1. The van der Waals surface area contributed by atoms with Crippen LogP contribution in [0, 0.1) is 5.41 Å². The summed E-state index contributed by atoms with van der Waals surface area (Å²) >= 11 is 0. The minimum Gasteiger partial charge on any atom is -0.506 e. The van der Waals surface area contributed by atoms with Crippen molar-refractivity contribution >= 4 is 11.6 Å². The molecule has 1 aliphatic heterocycles. The molecule has 1 fully saturated rings. The molecule has 2 rings (SSSR count). The van der Waals surface area contributed by atoms with Crippen molar-refractivity contribution in [3.63, 3.8) is 0 Å². The highest BCUT2D eigenvalue weighted by molar-refractivity contribution is 5.78. The number of nitrogens with one attached hydrogen (secondary N) is 1. The normalized spacial score (nSPS) is 16.8. The summed E-state index contributed by atoms with van der Waals surface area (Å²) in [7, 11) is 0. The van der Waals surface area contributed by atoms with Gasteiger partial charge in [-0.1, -0.05) is 32.9 Å². The molecule has 1 aromatic carbocycles. The Morgan fingerprint density at radius 3 is 2.24 bits per heavy atom. The van der Waals surface area contributed by atoms with Gasteiger partial charge in [-0.15, -0.1) is 0 Å². The van der Waals surface area contributed by atoms with E-state index in [0.717, 1.165) is 38.3 Å². The lowest BCUT2D eigenvalue weighted by molar-refractivity contribution is -0.124. The summed E-state index contributed by atoms with van der Waals surface area (Å²) in [5.41, 5.74) is 0.852. The molecule has 0 radical (unpaired) electrons. The van der Waals surface area contributed by atoms with Crippen molar-refractivity contribution < 1.29 is 9.90 Å². The van der Waals surface area contributed by atoms with Crippen LogP contribution in [0.5, 0.6) is 5.75 Å². The summed E-state index contributed by atoms with van der Waals surface area (Å²) in [6.07, 6.45) is 0.937. The Morgan fingerprint density at radius 1 is 1.08 bits per heavy atom. The summed E-state index contributed by atoms with van der Waals surface area (Å²) < 4.78 is 0. The number of anilines is 1. The first-order valence-electron chi connectivity index (χ1n) is 9.12. The Hall–Kier alpha value is -1.75. The summed E-state index contributed by atoms with van der Waals surface area (Å²) in [5, 5.41) is 13.2. The Balaban J connectivity index is 1.82. The number of amides is 1. The molecule has 1 aromatic rings. The predicted octanol–water partition coefficient (Wildman–Crippen LogP) is 2.85. The highest BCUT2D eigenvalue weighted by Gasteiger charge is 2.28. The van der Waals surface area contributed by atoms with E-state index in [1.54, 1.807) is 6.07 Å². The zero-order valence-corrected chi connectivity index (χ0v) is 16.3. The number of aromatic hydroxyl groups is 1. The fraction of sp³-hybridized carbons (Fsp3) is 0.650. The number of hydrogen-bond acceptors (Lipinski definition) is 4. The third-order valence-electron chi connectivity index (χ3n) is 4.41. The molecule has 0 spiro atoms. The number of carbonyl (C=O) groups excluding carboxylic acids is 1. The van der Waals surface area contributed by atoms with E-state index in [2.05, 4.69) is 49.7 Å². The SMILES string of the molecule is CC(C)(C)CC(C)(C)NC(=O)CN1CCN(c2ccccc2O)CC1. The van der Waals surface area contributed by atoms with Crippen molar-refractivity contribution in [2.75, 3.05) is 37.6 Å². The molecule has 25 heavy (non-hydrogen) atoms. The Morgan fingerprint density at radius 2 is 1.68 bits per heavy atom. The van der Waals surface area contributed by atoms with Gasteiger partial charge < -0.3 is 15.3 Å². The van der Waals surface area contributed by atoms with Crippen molar-refractivity contribution in [3.05, 3.63) is 24.3 Å². The predicted molar refractivity (Wildman–Crippen MR) is 103 cm³/mol. The molecule has 1 heterocycles. The van der Waals surface area contributed by atoms with Crippen LogP contribution >= 0.6 is 0 Å². The van der Waals surface area contributed by atoms with Gasteiger partial charge in [0, 0.05) is 31.7 Å². The number of carbonyl (C=O) groups is 1. The summed E-state index contributed by atoms with van der Waals surface area (Å²) in [6, 6.07) is 7.42. The van der Waals surface area contributed by atoms with Gasteiger partial charge in [0.05, 0.1) is 12.2 Å². The van der Waals surface area contributed by atoms with Crippen LogP contribution < -0.4 is 10.2 Å². The first-order valence-corrected chi connectivity index (χ1v) is 9.12. The fourth-order valence-corrected chi connectivity index (χ4v) is 3.87. The smallest absolute Gasteiger partial charge is 0.234 e. The van der Waals surface area contributed by atoms with Gasteiger partial charge in [0.25, 0.3) is 0 Å². The van der Waals surface area contributed by atoms with E-state index in [-0.39, 0.29) is 16.9 Å². The zero-order valence-electron chi connectivity index (χ0n) is 16.3. The van der Waals surface area contributed by atoms with Crippen molar-refractivity contribution in [1.82, 2.24) is 10.2 Å². The van der Waals surface area contributed by atoms with Crippen LogP contribution in [0.1, 0.15) is 41.0 Å². The molecular formula is C20H33N3O2. The molecule has 5 heteroatoms. The summed E-state index contributed by atoms with van der Waals surface area (Å²) in [6.45, 7) is 14.5. The van der Waals surface area contributed by atoms with Crippen LogP contribution in [0.4, 0.5) is 5.69 Å². The van der Waals surface area contributed by atoms with Gasteiger partial charge >= 0.3 is 0 Å². The number of phenols is 1. The van der Waals surface area contributed by atoms with Gasteiger partial charge in [-0.05, 0) is 37.8 Å². The topological polar surface area (TPSA) is 55.8 Å². The van der Waals surface area contributed by atoms with E-state index in [9.17, 15) is 9.90 Å². The molecule has 0 saturated carbocycles. The molecule has 1 saturated heterocycles. The Kier molecular flexibility index (Phi) is 5.99. The van der Waals surface area contributed by atoms with Crippen LogP contribution in [0.3, 0.4) is 0 Å². The second kappa shape index (κ2) is 7.65. The largest absolute Gasteiger partial charge is 0.506 e. The standard InChI is InChI=1S/C20H33N3O2/c1-19(2,3)15-20(4,5)21-18(25)14-22-10-12-23(13-11-22)16-8-6-7-9-17(16)24/h6-9,24H,10-15H2,1-5H3,(H,21,25). The molecule has 0 unspecified atom stereocenters. The van der Waals surface area contributed by atoms with E-state index < -0.39 is 0 Å². The average Bonchev–Trinajstić information content (AvgIpc) is 2.45. The third-order valence-corrected chi connectivity index (χ3v) is 4.41. The molecule has 5 nitrogen and oxygen atoms in total. The molecule has 140 valence electrons. The van der Waals surface area contributed by atoms with Gasteiger partial charge in [0.2, 0.25) is 5.91 Å². The lowest BCUT2D eigenvalue weighted by Gasteiger charge is -2.37. The zero-order chi connectivity index (χ0) is 18.7. The van der Waals surface area contributed by atoms with Gasteiger partial charge in [-0.25, -0.2) is 0 Å². The van der Waals surface area contributed by atoms with Crippen LogP contribution in [0.25, 0.3) is 0 Å². The van der Waals surface area contributed by atoms with E-state index in [0.29, 0.717) is 12.3 Å². The second-order valence-electron chi connectivity index (χ2n) is 8.92. The van der Waals surface area contributed by atoms with Crippen molar-refractivity contribution in [1.29, 1.82) is 0 Å². The molecule has 0 aliphatic carbocycles. The number of phenolic OH excluding ortho intramolecular Hbond substituents is 1. The number of benzene rings is 1. The van der Waals surface area contributed by atoms with Crippen LogP contribution in [0.2, 0.25) is 0 Å². The van der Waals surface area contributed by atoms with Crippen molar-refractivity contribution in [2.45, 2.75) is 46.6 Å². The maximum absolute atomic E-state index is 12.4. The maximum atomic E-state index is 12.4. The van der Waals surface area contributed by atoms with E-state index in [1.165, 1.54) is 0 Å². The minimum absolute atomic E-state index is 0.0882. The Bertz CT molecular complexity index is 585. The molecule has 1 aliphatic rings. The monoisotopic (exact) mass is 347 g/mol. The van der Waals surface area contributed by atoms with Gasteiger partial charge in [-0.3, -0.25) is 9.69 Å². The lowest BCUT2D eigenvalue weighted by Crippen LogP contribution is -2.53. The van der Waals surface area contributed by atoms with Crippen molar-refractivity contribution in [3.8, 4) is 5.75 Å². The number of hydrogen-bond donors (Lipinski definition) is 2. The van der Waals surface area contributed by atoms with Gasteiger partial charge in [0.1, 0.15) is 5.75 Å². The number of nitrogens with zero attached hydrogens (tertiary/aromatic N) is 2. The first kappa shape index (κ1) is 19.6. The minimum atomic E-state index is -0.201. The van der Waals surface area contributed by atoms with Crippen LogP contribution in [-0.2, 0) is 4.79 Å². The fourth-order valence-electron chi connectivity index (χ4n) is 3.87. The highest BCUT2D eigenvalue weighted by Crippen LogP contribution is 2.28.